The van der Waals surface area contributed by atoms with Crippen molar-refractivity contribution < 1.29 is 14.2 Å². The smallest absolute Gasteiger partial charge is 0.204 e. The predicted molar refractivity (Wildman–Crippen MR) is 75.8 cm³/mol. The average molecular weight is 284 g/mol. The predicted octanol–water partition coefficient (Wildman–Crippen LogP) is 2.44. The molecule has 0 fully saturated rings. The molecule has 1 aliphatic rings. The SMILES string of the molecule is C=CCc1c(Cl)cc2c(c1OCCNC)OCCO2. The van der Waals surface area contributed by atoms with Gasteiger partial charge in [0, 0.05) is 18.2 Å². The molecule has 0 radical (unpaired) electrons. The number of fused-ring (bicyclic) bond motifs is 1. The lowest BCUT2D eigenvalue weighted by atomic mass is 10.1. The number of allylic oxidation sites excluding steroid dienone is 1. The molecule has 1 N–H and O–H groups in total. The Bertz CT molecular complexity index is 462. The molecule has 0 aromatic heterocycles. The molecule has 4 nitrogen and oxygen atoms in total. The second kappa shape index (κ2) is 6.68. The summed E-state index contributed by atoms with van der Waals surface area (Å²) in [7, 11) is 1.88. The topological polar surface area (TPSA) is 39.7 Å². The van der Waals surface area contributed by atoms with Crippen molar-refractivity contribution in [3.05, 3.63) is 29.3 Å². The zero-order chi connectivity index (χ0) is 13.7. The molecule has 104 valence electrons. The number of ether oxygens (including phenoxy) is 3. The fourth-order valence-electron chi connectivity index (χ4n) is 1.91. The number of rotatable bonds is 6. The number of hydrogen-bond acceptors (Lipinski definition) is 4. The van der Waals surface area contributed by atoms with E-state index in [2.05, 4.69) is 11.9 Å². The van der Waals surface area contributed by atoms with Crippen molar-refractivity contribution >= 4 is 11.6 Å². The van der Waals surface area contributed by atoms with E-state index in [1.807, 2.05) is 7.05 Å². The summed E-state index contributed by atoms with van der Waals surface area (Å²) in [6, 6.07) is 1.78. The van der Waals surface area contributed by atoms with Crippen molar-refractivity contribution in [2.75, 3.05) is 33.4 Å². The Balaban J connectivity index is 2.37. The summed E-state index contributed by atoms with van der Waals surface area (Å²) in [5.41, 5.74) is 0.886. The van der Waals surface area contributed by atoms with Gasteiger partial charge < -0.3 is 19.5 Å². The Labute approximate surface area is 118 Å². The lowest BCUT2D eigenvalue weighted by molar-refractivity contribution is 0.161. The minimum Gasteiger partial charge on any atom is -0.488 e. The van der Waals surface area contributed by atoms with Crippen LogP contribution in [0.25, 0.3) is 0 Å². The largest absolute Gasteiger partial charge is 0.488 e. The highest BCUT2D eigenvalue weighted by Gasteiger charge is 2.23. The van der Waals surface area contributed by atoms with Crippen molar-refractivity contribution in [2.24, 2.45) is 0 Å². The Morgan fingerprint density at radius 3 is 3.00 bits per heavy atom. The summed E-state index contributed by atoms with van der Waals surface area (Å²) in [6.07, 6.45) is 2.42. The van der Waals surface area contributed by atoms with E-state index in [-0.39, 0.29) is 0 Å². The molecular weight excluding hydrogens is 266 g/mol. The molecule has 0 bridgehead atoms. The molecule has 0 amide bonds. The molecule has 0 saturated heterocycles. The van der Waals surface area contributed by atoms with E-state index in [4.69, 9.17) is 25.8 Å². The maximum atomic E-state index is 6.28. The Kier molecular flexibility index (Phi) is 4.93. The molecule has 19 heavy (non-hydrogen) atoms. The fraction of sp³-hybridized carbons (Fsp3) is 0.429. The molecule has 0 atom stereocenters. The number of hydrogen-bond donors (Lipinski definition) is 1. The molecule has 0 spiro atoms. The van der Waals surface area contributed by atoms with Crippen LogP contribution in [0.1, 0.15) is 5.56 Å². The van der Waals surface area contributed by atoms with Crippen molar-refractivity contribution in [1.29, 1.82) is 0 Å². The Morgan fingerprint density at radius 2 is 2.26 bits per heavy atom. The highest BCUT2D eigenvalue weighted by atomic mass is 35.5. The third kappa shape index (κ3) is 3.14. The van der Waals surface area contributed by atoms with Gasteiger partial charge in [0.05, 0.1) is 5.02 Å². The van der Waals surface area contributed by atoms with Crippen LogP contribution in [0.3, 0.4) is 0 Å². The maximum absolute atomic E-state index is 6.28. The number of nitrogens with one attached hydrogen (secondary N) is 1. The molecule has 1 aromatic rings. The van der Waals surface area contributed by atoms with Crippen LogP contribution in [0.4, 0.5) is 0 Å². The van der Waals surface area contributed by atoms with Gasteiger partial charge in [0.15, 0.2) is 11.5 Å². The van der Waals surface area contributed by atoms with Crippen LogP contribution in [-0.2, 0) is 6.42 Å². The van der Waals surface area contributed by atoms with Crippen LogP contribution in [0.5, 0.6) is 17.2 Å². The Morgan fingerprint density at radius 1 is 1.47 bits per heavy atom. The van der Waals surface area contributed by atoms with E-state index in [1.165, 1.54) is 0 Å². The number of likely N-dealkylation sites (N-methyl/N-ethyl adjacent to an activating group) is 1. The van der Waals surface area contributed by atoms with E-state index in [9.17, 15) is 0 Å². The number of halogens is 1. The van der Waals surface area contributed by atoms with Crippen LogP contribution in [0.15, 0.2) is 18.7 Å². The lowest BCUT2D eigenvalue weighted by Crippen LogP contribution is -2.20. The lowest BCUT2D eigenvalue weighted by Gasteiger charge is -2.23. The van der Waals surface area contributed by atoms with Gasteiger partial charge in [0.25, 0.3) is 0 Å². The van der Waals surface area contributed by atoms with E-state index in [0.717, 1.165) is 12.1 Å². The minimum absolute atomic E-state index is 0.518. The number of benzene rings is 1. The van der Waals surface area contributed by atoms with Crippen LogP contribution in [-0.4, -0.2) is 33.4 Å². The van der Waals surface area contributed by atoms with Gasteiger partial charge in [0.1, 0.15) is 19.8 Å². The summed E-state index contributed by atoms with van der Waals surface area (Å²) in [5.74, 6) is 1.95. The maximum Gasteiger partial charge on any atom is 0.204 e. The molecule has 1 aliphatic heterocycles. The first-order valence-corrected chi connectivity index (χ1v) is 6.65. The van der Waals surface area contributed by atoms with Gasteiger partial charge in [-0.25, -0.2) is 0 Å². The first-order valence-electron chi connectivity index (χ1n) is 6.27. The molecular formula is C14H18ClNO3. The van der Waals surface area contributed by atoms with Crippen LogP contribution in [0.2, 0.25) is 5.02 Å². The van der Waals surface area contributed by atoms with Crippen molar-refractivity contribution in [2.45, 2.75) is 6.42 Å². The molecule has 1 heterocycles. The van der Waals surface area contributed by atoms with E-state index < -0.39 is 0 Å². The second-order valence-electron chi connectivity index (χ2n) is 4.14. The molecule has 0 aliphatic carbocycles. The third-order valence-electron chi connectivity index (χ3n) is 2.78. The first kappa shape index (κ1) is 14.0. The van der Waals surface area contributed by atoms with Gasteiger partial charge in [-0.15, -0.1) is 6.58 Å². The van der Waals surface area contributed by atoms with Gasteiger partial charge in [-0.3, -0.25) is 0 Å². The van der Waals surface area contributed by atoms with E-state index >= 15 is 0 Å². The second-order valence-corrected chi connectivity index (χ2v) is 4.54. The summed E-state index contributed by atoms with van der Waals surface area (Å²) in [4.78, 5) is 0. The molecule has 2 rings (SSSR count). The van der Waals surface area contributed by atoms with Crippen molar-refractivity contribution in [3.8, 4) is 17.2 Å². The van der Waals surface area contributed by atoms with Crippen LogP contribution >= 0.6 is 11.6 Å². The third-order valence-corrected chi connectivity index (χ3v) is 3.12. The van der Waals surface area contributed by atoms with Gasteiger partial charge in [-0.05, 0) is 13.5 Å². The highest BCUT2D eigenvalue weighted by molar-refractivity contribution is 6.31. The molecule has 0 unspecified atom stereocenters. The van der Waals surface area contributed by atoms with Gasteiger partial charge in [0.2, 0.25) is 5.75 Å². The monoisotopic (exact) mass is 283 g/mol. The molecule has 0 saturated carbocycles. The van der Waals surface area contributed by atoms with Crippen LogP contribution in [0, 0.1) is 0 Å². The summed E-state index contributed by atoms with van der Waals surface area (Å²) in [5, 5.41) is 3.65. The highest BCUT2D eigenvalue weighted by Crippen LogP contribution is 2.45. The van der Waals surface area contributed by atoms with Gasteiger partial charge in [-0.2, -0.15) is 0 Å². The van der Waals surface area contributed by atoms with E-state index in [0.29, 0.717) is 48.5 Å². The average Bonchev–Trinajstić information content (AvgIpc) is 2.42. The summed E-state index contributed by atoms with van der Waals surface area (Å²) < 4.78 is 17.0. The standard InChI is InChI=1S/C14H18ClNO3/c1-3-4-10-11(15)9-12-14(19-8-7-17-12)13(10)18-6-5-16-2/h3,9,16H,1,4-8H2,2H3. The zero-order valence-corrected chi connectivity index (χ0v) is 11.8. The van der Waals surface area contributed by atoms with E-state index in [1.54, 1.807) is 12.1 Å². The first-order chi connectivity index (χ1) is 9.27. The summed E-state index contributed by atoms with van der Waals surface area (Å²) >= 11 is 6.28. The summed E-state index contributed by atoms with van der Waals surface area (Å²) in [6.45, 7) is 6.08. The van der Waals surface area contributed by atoms with Gasteiger partial charge >= 0.3 is 0 Å². The van der Waals surface area contributed by atoms with Crippen molar-refractivity contribution in [3.63, 3.8) is 0 Å². The fourth-order valence-corrected chi connectivity index (χ4v) is 2.17. The normalized spacial score (nSPS) is 13.2. The zero-order valence-electron chi connectivity index (χ0n) is 11.0. The molecule has 1 aromatic carbocycles. The molecule has 5 heteroatoms. The van der Waals surface area contributed by atoms with Gasteiger partial charge in [-0.1, -0.05) is 17.7 Å². The van der Waals surface area contributed by atoms with Crippen LogP contribution < -0.4 is 19.5 Å². The Hall–Kier alpha value is -1.39. The van der Waals surface area contributed by atoms with Crippen molar-refractivity contribution in [1.82, 2.24) is 5.32 Å². The quantitative estimate of drug-likeness (QED) is 0.643. The minimum atomic E-state index is 0.518.